The molecule has 2 aromatic rings. The average Bonchev–Trinajstić information content (AvgIpc) is 3.08. The van der Waals surface area contributed by atoms with Crippen LogP contribution in [-0.4, -0.2) is 48.4 Å². The van der Waals surface area contributed by atoms with Gasteiger partial charge >= 0.3 is 23.5 Å². The van der Waals surface area contributed by atoms with Crippen molar-refractivity contribution >= 4 is 28.9 Å². The molecule has 0 bridgehead atoms. The van der Waals surface area contributed by atoms with Crippen LogP contribution in [0.5, 0.6) is 5.75 Å². The van der Waals surface area contributed by atoms with E-state index in [1.807, 2.05) is 6.92 Å². The topological polar surface area (TPSA) is 139 Å². The van der Waals surface area contributed by atoms with Gasteiger partial charge in [0.1, 0.15) is 17.4 Å². The van der Waals surface area contributed by atoms with Crippen molar-refractivity contribution in [3.63, 3.8) is 0 Å². The first kappa shape index (κ1) is 24.2. The Labute approximate surface area is 189 Å². The van der Waals surface area contributed by atoms with Gasteiger partial charge in [0, 0.05) is 17.2 Å². The van der Waals surface area contributed by atoms with E-state index in [0.29, 0.717) is 18.4 Å². The lowest BCUT2D eigenvalue weighted by Crippen LogP contribution is -2.55. The molecule has 10 nitrogen and oxygen atoms in total. The molecule has 0 fully saturated rings. The molecule has 0 saturated carbocycles. The Hall–Kier alpha value is -3.40. The van der Waals surface area contributed by atoms with Gasteiger partial charge in [0.15, 0.2) is 5.43 Å². The van der Waals surface area contributed by atoms with Crippen LogP contribution in [0.25, 0.3) is 11.0 Å². The number of carbonyl (C=O) groups excluding carboxylic acids is 3. The lowest BCUT2D eigenvalue weighted by atomic mass is 9.91. The summed E-state index contributed by atoms with van der Waals surface area (Å²) in [5.41, 5.74) is -2.65. The molecule has 1 aromatic carbocycles. The number of aliphatic hydroxyl groups excluding tert-OH is 1. The molecule has 33 heavy (non-hydrogen) atoms. The molecule has 1 aliphatic heterocycles. The maximum atomic E-state index is 12.9. The molecule has 178 valence electrons. The molecule has 0 aliphatic carbocycles. The van der Waals surface area contributed by atoms with Crippen LogP contribution in [0.3, 0.4) is 0 Å². The fourth-order valence-electron chi connectivity index (χ4n) is 3.77. The lowest BCUT2D eigenvalue weighted by Gasteiger charge is -2.27. The van der Waals surface area contributed by atoms with Crippen molar-refractivity contribution in [2.45, 2.75) is 52.2 Å². The van der Waals surface area contributed by atoms with Gasteiger partial charge in [-0.2, -0.15) is 0 Å². The first-order valence-corrected chi connectivity index (χ1v) is 10.8. The second-order valence-electron chi connectivity index (χ2n) is 7.28. The molecule has 2 heterocycles. The van der Waals surface area contributed by atoms with Crippen LogP contribution in [-0.2, 0) is 30.2 Å². The predicted octanol–water partition coefficient (Wildman–Crippen LogP) is 2.21. The number of aryl methyl sites for hydroxylation is 1. The van der Waals surface area contributed by atoms with Crippen LogP contribution in [0.2, 0.25) is 0 Å². The van der Waals surface area contributed by atoms with Crippen molar-refractivity contribution in [3.8, 4) is 5.75 Å². The minimum atomic E-state index is -2.50. The number of hydrogen-bond acceptors (Lipinski definition) is 10. The summed E-state index contributed by atoms with van der Waals surface area (Å²) >= 11 is 0. The number of ether oxygens (including phenoxy) is 4. The normalized spacial score (nSPS) is 16.1. The molecule has 1 atom stereocenters. The summed E-state index contributed by atoms with van der Waals surface area (Å²) in [5.74, 6) is -3.35. The molecular formula is C23H26O10. The molecule has 1 unspecified atom stereocenters. The maximum absolute atomic E-state index is 12.9. The Morgan fingerprint density at radius 3 is 2.15 bits per heavy atom. The quantitative estimate of drug-likeness (QED) is 0.353. The average molecular weight is 462 g/mol. The van der Waals surface area contributed by atoms with E-state index in [1.165, 1.54) is 6.07 Å². The van der Waals surface area contributed by atoms with Gasteiger partial charge in [0.05, 0.1) is 25.2 Å². The van der Waals surface area contributed by atoms with Crippen LogP contribution in [0, 0.1) is 0 Å². The minimum absolute atomic E-state index is 0.00196. The smallest absolute Gasteiger partial charge is 0.374 e. The Bertz CT molecular complexity index is 1130. The summed E-state index contributed by atoms with van der Waals surface area (Å²) in [4.78, 5) is 50.7. The van der Waals surface area contributed by atoms with Gasteiger partial charge < -0.3 is 28.5 Å². The first-order chi connectivity index (χ1) is 15.8. The maximum Gasteiger partial charge on any atom is 0.374 e. The van der Waals surface area contributed by atoms with E-state index in [9.17, 15) is 24.3 Å². The highest BCUT2D eigenvalue weighted by Crippen LogP contribution is 2.49. The van der Waals surface area contributed by atoms with Gasteiger partial charge in [-0.15, -0.1) is 0 Å². The third-order valence-corrected chi connectivity index (χ3v) is 5.17. The van der Waals surface area contributed by atoms with Crippen LogP contribution in [0.15, 0.2) is 21.3 Å². The second kappa shape index (κ2) is 9.62. The number of fused-ring (bicyclic) bond motifs is 2. The Kier molecular flexibility index (Phi) is 7.06. The molecule has 3 rings (SSSR count). The molecule has 1 aromatic heterocycles. The Balaban J connectivity index is 2.30. The summed E-state index contributed by atoms with van der Waals surface area (Å²) in [6.07, 6.45) is -0.942. The van der Waals surface area contributed by atoms with Crippen molar-refractivity contribution in [2.75, 3.05) is 19.8 Å². The van der Waals surface area contributed by atoms with Crippen molar-refractivity contribution < 1.29 is 42.9 Å². The molecule has 0 amide bonds. The predicted molar refractivity (Wildman–Crippen MR) is 114 cm³/mol. The lowest BCUT2D eigenvalue weighted by molar-refractivity contribution is -0.187. The summed E-state index contributed by atoms with van der Waals surface area (Å²) < 4.78 is 26.5. The number of carbonyl (C=O) groups is 3. The van der Waals surface area contributed by atoms with Gasteiger partial charge in [-0.05, 0) is 33.3 Å². The number of esters is 3. The van der Waals surface area contributed by atoms with Crippen molar-refractivity contribution in [1.29, 1.82) is 0 Å². The Morgan fingerprint density at radius 2 is 1.61 bits per heavy atom. The molecule has 1 aliphatic rings. The van der Waals surface area contributed by atoms with Crippen LogP contribution in [0.4, 0.5) is 0 Å². The third-order valence-electron chi connectivity index (χ3n) is 5.17. The van der Waals surface area contributed by atoms with Gasteiger partial charge in [0.2, 0.25) is 5.76 Å². The molecular weight excluding hydrogens is 436 g/mol. The molecule has 0 radical (unpaired) electrons. The second-order valence-corrected chi connectivity index (χ2v) is 7.28. The SMILES string of the molecule is CCCc1c2c(cc3c(=O)cc(C(=O)OCC)oc13)C(O)C(C(=O)OCC)(C(=O)OCC)O2. The number of benzene rings is 1. The van der Waals surface area contributed by atoms with E-state index in [-0.39, 0.29) is 47.9 Å². The van der Waals surface area contributed by atoms with E-state index in [0.717, 1.165) is 6.07 Å². The van der Waals surface area contributed by atoms with E-state index in [2.05, 4.69) is 0 Å². The zero-order chi connectivity index (χ0) is 24.3. The van der Waals surface area contributed by atoms with Crippen molar-refractivity contribution in [1.82, 2.24) is 0 Å². The standard InChI is InChI=1S/C23H26O10/c1-5-9-12-17-13(15(24)11-16(32-17)20(26)29-6-2)10-14-18(12)33-23(19(14)25,21(27)30-7-3)22(28)31-8-4/h10-11,19,25H,5-9H2,1-4H3. The largest absolute Gasteiger partial charge is 0.462 e. The van der Waals surface area contributed by atoms with Crippen LogP contribution >= 0.6 is 0 Å². The third kappa shape index (κ3) is 3.95. The van der Waals surface area contributed by atoms with Crippen molar-refractivity contribution in [3.05, 3.63) is 39.2 Å². The van der Waals surface area contributed by atoms with Crippen LogP contribution in [0.1, 0.15) is 61.9 Å². The van der Waals surface area contributed by atoms with Gasteiger partial charge in [-0.25, -0.2) is 14.4 Å². The minimum Gasteiger partial charge on any atom is -0.462 e. The van der Waals surface area contributed by atoms with Gasteiger partial charge in [-0.1, -0.05) is 13.3 Å². The summed E-state index contributed by atoms with van der Waals surface area (Å²) in [6, 6.07) is 2.28. The fraction of sp³-hybridized carbons (Fsp3) is 0.478. The highest BCUT2D eigenvalue weighted by molar-refractivity contribution is 6.06. The number of aliphatic hydroxyl groups is 1. The molecule has 10 heteroatoms. The van der Waals surface area contributed by atoms with E-state index in [1.54, 1.807) is 20.8 Å². The first-order valence-electron chi connectivity index (χ1n) is 10.8. The zero-order valence-electron chi connectivity index (χ0n) is 18.9. The van der Waals surface area contributed by atoms with Gasteiger partial charge in [-0.3, -0.25) is 4.79 Å². The zero-order valence-corrected chi connectivity index (χ0v) is 18.9. The molecule has 0 spiro atoms. The van der Waals surface area contributed by atoms with Gasteiger partial charge in [0.25, 0.3) is 0 Å². The molecule has 1 N–H and O–H groups in total. The van der Waals surface area contributed by atoms with E-state index in [4.69, 9.17) is 23.4 Å². The summed E-state index contributed by atoms with van der Waals surface area (Å²) in [7, 11) is 0. The fourth-order valence-corrected chi connectivity index (χ4v) is 3.77. The van der Waals surface area contributed by atoms with E-state index < -0.39 is 35.0 Å². The Morgan fingerprint density at radius 1 is 1.00 bits per heavy atom. The summed E-state index contributed by atoms with van der Waals surface area (Å²) in [5, 5.41) is 11.2. The summed E-state index contributed by atoms with van der Waals surface area (Å²) in [6.45, 7) is 6.50. The van der Waals surface area contributed by atoms with Crippen molar-refractivity contribution in [2.24, 2.45) is 0 Å². The number of hydrogen-bond donors (Lipinski definition) is 1. The monoisotopic (exact) mass is 462 g/mol. The highest BCUT2D eigenvalue weighted by atomic mass is 16.6. The van der Waals surface area contributed by atoms with E-state index >= 15 is 0 Å². The molecule has 0 saturated heterocycles. The number of rotatable bonds is 8. The van der Waals surface area contributed by atoms with Crippen LogP contribution < -0.4 is 10.2 Å². The highest BCUT2D eigenvalue weighted by Gasteiger charge is 2.63.